The van der Waals surface area contributed by atoms with Gasteiger partial charge in [0.05, 0.1) is 5.54 Å². The topological polar surface area (TPSA) is 26.0 Å². The summed E-state index contributed by atoms with van der Waals surface area (Å²) < 4.78 is 0. The standard InChI is InChI=1S/C18H17N/c1-4-5-13-7-9-15-14-8-6-12(2)10-16(14)18(3,19)17(15)11-13/h6-11H,19H2,1-3H3. The number of hydrogen-bond donors (Lipinski definition) is 1. The summed E-state index contributed by atoms with van der Waals surface area (Å²) in [7, 11) is 0. The first-order valence-electron chi connectivity index (χ1n) is 6.51. The summed E-state index contributed by atoms with van der Waals surface area (Å²) in [6.45, 7) is 6.04. The average molecular weight is 247 g/mol. The van der Waals surface area contributed by atoms with Gasteiger partial charge >= 0.3 is 0 Å². The van der Waals surface area contributed by atoms with Gasteiger partial charge in [0.2, 0.25) is 0 Å². The molecule has 0 fully saturated rings. The van der Waals surface area contributed by atoms with Crippen LogP contribution in [0.2, 0.25) is 0 Å². The molecule has 1 unspecified atom stereocenters. The molecule has 19 heavy (non-hydrogen) atoms. The van der Waals surface area contributed by atoms with E-state index in [2.05, 4.69) is 62.1 Å². The van der Waals surface area contributed by atoms with Crippen LogP contribution in [0.15, 0.2) is 36.4 Å². The van der Waals surface area contributed by atoms with Crippen molar-refractivity contribution in [1.82, 2.24) is 0 Å². The molecule has 0 aromatic heterocycles. The second kappa shape index (κ2) is 3.98. The van der Waals surface area contributed by atoms with Crippen molar-refractivity contribution in [3.8, 4) is 23.0 Å². The number of benzene rings is 2. The highest BCUT2D eigenvalue weighted by Crippen LogP contribution is 2.46. The van der Waals surface area contributed by atoms with Crippen molar-refractivity contribution in [3.05, 3.63) is 58.7 Å². The van der Waals surface area contributed by atoms with Crippen LogP contribution in [0.4, 0.5) is 0 Å². The van der Waals surface area contributed by atoms with Crippen molar-refractivity contribution in [2.45, 2.75) is 26.3 Å². The van der Waals surface area contributed by atoms with E-state index in [0.717, 1.165) is 5.56 Å². The van der Waals surface area contributed by atoms with Crippen LogP contribution in [-0.2, 0) is 5.54 Å². The Hall–Kier alpha value is -2.04. The van der Waals surface area contributed by atoms with Gasteiger partial charge in [0.25, 0.3) is 0 Å². The van der Waals surface area contributed by atoms with Crippen LogP contribution < -0.4 is 5.73 Å². The normalized spacial score (nSPS) is 19.4. The predicted octanol–water partition coefficient (Wildman–Crippen LogP) is 3.57. The van der Waals surface area contributed by atoms with Crippen LogP contribution in [0.5, 0.6) is 0 Å². The molecule has 2 aromatic carbocycles. The first-order chi connectivity index (χ1) is 9.04. The summed E-state index contributed by atoms with van der Waals surface area (Å²) in [5.41, 5.74) is 13.3. The third kappa shape index (κ3) is 1.69. The molecule has 2 aromatic rings. The van der Waals surface area contributed by atoms with E-state index in [1.54, 1.807) is 0 Å². The van der Waals surface area contributed by atoms with Crippen LogP contribution in [-0.4, -0.2) is 0 Å². The third-order valence-electron chi connectivity index (χ3n) is 3.87. The van der Waals surface area contributed by atoms with Gasteiger partial charge in [-0.1, -0.05) is 35.7 Å². The molecule has 0 spiro atoms. The largest absolute Gasteiger partial charge is 0.318 e. The zero-order chi connectivity index (χ0) is 13.6. The fourth-order valence-corrected chi connectivity index (χ4v) is 2.90. The van der Waals surface area contributed by atoms with E-state index in [9.17, 15) is 0 Å². The lowest BCUT2D eigenvalue weighted by atomic mass is 9.89. The highest BCUT2D eigenvalue weighted by Gasteiger charge is 2.35. The first-order valence-corrected chi connectivity index (χ1v) is 6.51. The van der Waals surface area contributed by atoms with E-state index < -0.39 is 5.54 Å². The Morgan fingerprint density at radius 2 is 1.63 bits per heavy atom. The van der Waals surface area contributed by atoms with Crippen molar-refractivity contribution in [3.63, 3.8) is 0 Å². The smallest absolute Gasteiger partial charge is 0.0649 e. The van der Waals surface area contributed by atoms with Gasteiger partial charge in [-0.25, -0.2) is 0 Å². The maximum atomic E-state index is 6.59. The summed E-state index contributed by atoms with van der Waals surface area (Å²) in [6.07, 6.45) is 0. The molecule has 0 aliphatic heterocycles. The molecule has 0 bridgehead atoms. The molecule has 1 nitrogen and oxygen atoms in total. The summed E-state index contributed by atoms with van der Waals surface area (Å²) in [6, 6.07) is 12.8. The molecule has 1 atom stereocenters. The summed E-state index contributed by atoms with van der Waals surface area (Å²) in [5.74, 6) is 6.05. The highest BCUT2D eigenvalue weighted by molar-refractivity contribution is 5.81. The fourth-order valence-electron chi connectivity index (χ4n) is 2.90. The zero-order valence-electron chi connectivity index (χ0n) is 11.5. The van der Waals surface area contributed by atoms with Gasteiger partial charge in [0.1, 0.15) is 0 Å². The van der Waals surface area contributed by atoms with Gasteiger partial charge in [-0.15, -0.1) is 5.92 Å². The van der Waals surface area contributed by atoms with Crippen molar-refractivity contribution in [1.29, 1.82) is 0 Å². The Morgan fingerprint density at radius 1 is 1.00 bits per heavy atom. The van der Waals surface area contributed by atoms with E-state index in [1.807, 2.05) is 6.92 Å². The minimum absolute atomic E-state index is 0.428. The molecule has 0 saturated carbocycles. The molecule has 0 amide bonds. The van der Waals surface area contributed by atoms with Gasteiger partial charge in [-0.2, -0.15) is 0 Å². The maximum absolute atomic E-state index is 6.59. The van der Waals surface area contributed by atoms with Gasteiger partial charge in [-0.3, -0.25) is 0 Å². The number of rotatable bonds is 0. The van der Waals surface area contributed by atoms with Crippen LogP contribution in [0.3, 0.4) is 0 Å². The van der Waals surface area contributed by atoms with Gasteiger partial charge in [0.15, 0.2) is 0 Å². The molecule has 0 heterocycles. The van der Waals surface area contributed by atoms with E-state index in [-0.39, 0.29) is 0 Å². The second-order valence-corrected chi connectivity index (χ2v) is 5.39. The lowest BCUT2D eigenvalue weighted by Gasteiger charge is -2.21. The number of hydrogen-bond acceptors (Lipinski definition) is 1. The Labute approximate surface area is 114 Å². The second-order valence-electron chi connectivity index (χ2n) is 5.39. The van der Waals surface area contributed by atoms with E-state index in [0.29, 0.717) is 0 Å². The molecule has 1 aliphatic carbocycles. The SMILES string of the molecule is CC#Cc1ccc2c(c1)C(C)(N)c1cc(C)ccc1-2. The minimum Gasteiger partial charge on any atom is -0.318 e. The fraction of sp³-hybridized carbons (Fsp3) is 0.222. The highest BCUT2D eigenvalue weighted by atomic mass is 14.7. The predicted molar refractivity (Wildman–Crippen MR) is 79.8 cm³/mol. The number of aryl methyl sites for hydroxylation is 1. The molecule has 0 saturated heterocycles. The Bertz CT molecular complexity index is 727. The van der Waals surface area contributed by atoms with Crippen molar-refractivity contribution in [2.75, 3.05) is 0 Å². The quantitative estimate of drug-likeness (QED) is 0.708. The molecular weight excluding hydrogens is 230 g/mol. The Morgan fingerprint density at radius 3 is 2.32 bits per heavy atom. The number of nitrogens with two attached hydrogens (primary N) is 1. The van der Waals surface area contributed by atoms with Gasteiger partial charge < -0.3 is 5.73 Å². The van der Waals surface area contributed by atoms with Crippen molar-refractivity contribution < 1.29 is 0 Å². The maximum Gasteiger partial charge on any atom is 0.0649 e. The van der Waals surface area contributed by atoms with Crippen LogP contribution in [0, 0.1) is 18.8 Å². The molecule has 3 rings (SSSR count). The summed E-state index contributed by atoms with van der Waals surface area (Å²) in [4.78, 5) is 0. The van der Waals surface area contributed by atoms with Crippen molar-refractivity contribution in [2.24, 2.45) is 5.73 Å². The average Bonchev–Trinajstić information content (AvgIpc) is 2.59. The lowest BCUT2D eigenvalue weighted by Crippen LogP contribution is -2.31. The minimum atomic E-state index is -0.428. The Kier molecular flexibility index (Phi) is 2.52. The van der Waals surface area contributed by atoms with Crippen LogP contribution in [0.25, 0.3) is 11.1 Å². The molecule has 1 heteroatoms. The molecule has 94 valence electrons. The third-order valence-corrected chi connectivity index (χ3v) is 3.87. The van der Waals surface area contributed by atoms with Gasteiger partial charge in [0, 0.05) is 5.56 Å². The molecular formula is C18H17N. The molecule has 1 aliphatic rings. The lowest BCUT2D eigenvalue weighted by molar-refractivity contribution is 0.620. The molecule has 0 radical (unpaired) electrons. The molecule has 2 N–H and O–H groups in total. The van der Waals surface area contributed by atoms with Gasteiger partial charge in [-0.05, 0) is 55.2 Å². The zero-order valence-corrected chi connectivity index (χ0v) is 11.5. The van der Waals surface area contributed by atoms with E-state index in [1.165, 1.54) is 27.8 Å². The van der Waals surface area contributed by atoms with Crippen LogP contribution in [0.1, 0.15) is 36.1 Å². The summed E-state index contributed by atoms with van der Waals surface area (Å²) in [5, 5.41) is 0. The first kappa shape index (κ1) is 12.0. The van der Waals surface area contributed by atoms with Crippen LogP contribution >= 0.6 is 0 Å². The van der Waals surface area contributed by atoms with Crippen molar-refractivity contribution >= 4 is 0 Å². The number of fused-ring (bicyclic) bond motifs is 3. The van der Waals surface area contributed by atoms with E-state index >= 15 is 0 Å². The Balaban J connectivity index is 2.29. The summed E-state index contributed by atoms with van der Waals surface area (Å²) >= 11 is 0. The van der Waals surface area contributed by atoms with E-state index in [4.69, 9.17) is 5.73 Å². The monoisotopic (exact) mass is 247 g/mol.